The van der Waals surface area contributed by atoms with Gasteiger partial charge in [0.25, 0.3) is 0 Å². The number of alkyl halides is 2. The largest absolute Gasteiger partial charge is 0.433 e. The van der Waals surface area contributed by atoms with Gasteiger partial charge in [0.05, 0.1) is 33.8 Å². The van der Waals surface area contributed by atoms with E-state index in [0.29, 0.717) is 17.1 Å². The molecule has 0 unspecified atom stereocenters. The molecule has 4 aromatic rings. The topological polar surface area (TPSA) is 97.4 Å². The summed E-state index contributed by atoms with van der Waals surface area (Å²) in [5.41, 5.74) is 11.1. The number of rotatable bonds is 8. The lowest BCUT2D eigenvalue weighted by Gasteiger charge is -2.30. The third-order valence-corrected chi connectivity index (χ3v) is 6.53. The molecule has 0 radical (unpaired) electrons. The second-order valence-corrected chi connectivity index (χ2v) is 9.45. The van der Waals surface area contributed by atoms with E-state index < -0.39 is 6.61 Å². The first-order chi connectivity index (χ1) is 17.8. The van der Waals surface area contributed by atoms with E-state index in [1.807, 2.05) is 44.0 Å². The quantitative estimate of drug-likeness (QED) is 0.336. The zero-order chi connectivity index (χ0) is 26.1. The maximum absolute atomic E-state index is 13.4. The monoisotopic (exact) mass is 508 g/mol. The Bertz CT molecular complexity index is 1410. The van der Waals surface area contributed by atoms with Gasteiger partial charge in [0.2, 0.25) is 5.95 Å². The number of likely N-dealkylation sites (N-methyl/N-ethyl adjacent to an activating group) is 1. The first-order valence-electron chi connectivity index (χ1n) is 12.1. The summed E-state index contributed by atoms with van der Waals surface area (Å²) in [5, 5.41) is 3.03. The molecular weight excluding hydrogens is 478 g/mol. The second kappa shape index (κ2) is 10.2. The van der Waals surface area contributed by atoms with Crippen LogP contribution in [0.15, 0.2) is 48.9 Å². The van der Waals surface area contributed by atoms with Crippen LogP contribution in [0.2, 0.25) is 0 Å². The standard InChI is InChI=1S/C26H30F2N8O/c1-34(2)14-16-6-5-11-36(16)22-13-23(37-25(27)28)20(12-18(22)29)33-26-31-10-8-19(32-26)17-15-35(3)21-7-4-9-30-24(17)21/h4,7-10,12-13,15-16,25H,5-6,11,14,29H2,1-3H3,(H,31,32,33)/t16-/m0/s1. The molecule has 4 heterocycles. The minimum Gasteiger partial charge on any atom is -0.433 e. The van der Waals surface area contributed by atoms with Gasteiger partial charge in [-0.25, -0.2) is 9.97 Å². The summed E-state index contributed by atoms with van der Waals surface area (Å²) >= 11 is 0. The summed E-state index contributed by atoms with van der Waals surface area (Å²) in [5.74, 6) is 0.207. The van der Waals surface area contributed by atoms with E-state index in [-0.39, 0.29) is 23.4 Å². The molecule has 0 aliphatic carbocycles. The van der Waals surface area contributed by atoms with E-state index in [4.69, 9.17) is 10.5 Å². The Morgan fingerprint density at radius 1 is 1.22 bits per heavy atom. The van der Waals surface area contributed by atoms with Crippen LogP contribution in [-0.2, 0) is 7.05 Å². The van der Waals surface area contributed by atoms with Crippen molar-refractivity contribution < 1.29 is 13.5 Å². The van der Waals surface area contributed by atoms with Crippen LogP contribution in [0, 0.1) is 0 Å². The molecule has 9 nitrogen and oxygen atoms in total. The van der Waals surface area contributed by atoms with Crippen LogP contribution in [0.1, 0.15) is 12.8 Å². The maximum atomic E-state index is 13.4. The van der Waals surface area contributed by atoms with Gasteiger partial charge in [-0.05, 0) is 51.2 Å². The number of nitrogen functional groups attached to an aromatic ring is 1. The SMILES string of the molecule is CN(C)C[C@@H]1CCCN1c1cc(OC(F)F)c(Nc2nccc(-c3cn(C)c4cccnc34)n2)cc1N. The van der Waals surface area contributed by atoms with Crippen LogP contribution < -0.4 is 20.7 Å². The second-order valence-electron chi connectivity index (χ2n) is 9.45. The highest BCUT2D eigenvalue weighted by Gasteiger charge is 2.28. The first kappa shape index (κ1) is 24.7. The fourth-order valence-electron chi connectivity index (χ4n) is 4.98. The minimum absolute atomic E-state index is 0.0180. The summed E-state index contributed by atoms with van der Waals surface area (Å²) in [4.78, 5) is 17.7. The van der Waals surface area contributed by atoms with Gasteiger partial charge in [0.1, 0.15) is 0 Å². The van der Waals surface area contributed by atoms with Crippen molar-refractivity contribution in [1.82, 2.24) is 24.4 Å². The molecule has 3 N–H and O–H groups in total. The highest BCUT2D eigenvalue weighted by Crippen LogP contribution is 2.40. The Morgan fingerprint density at radius 3 is 2.84 bits per heavy atom. The molecule has 1 aliphatic rings. The molecule has 0 amide bonds. The molecule has 1 fully saturated rings. The zero-order valence-corrected chi connectivity index (χ0v) is 21.0. The van der Waals surface area contributed by atoms with Gasteiger partial charge in [0, 0.05) is 56.4 Å². The zero-order valence-electron chi connectivity index (χ0n) is 21.0. The normalized spacial score (nSPS) is 15.8. The van der Waals surface area contributed by atoms with Crippen LogP contribution in [0.25, 0.3) is 22.3 Å². The minimum atomic E-state index is -3.00. The third-order valence-electron chi connectivity index (χ3n) is 6.53. The van der Waals surface area contributed by atoms with E-state index in [9.17, 15) is 8.78 Å². The van der Waals surface area contributed by atoms with Gasteiger partial charge in [-0.1, -0.05) is 0 Å². The van der Waals surface area contributed by atoms with Gasteiger partial charge in [-0.2, -0.15) is 8.78 Å². The number of anilines is 4. The van der Waals surface area contributed by atoms with Crippen LogP contribution in [0.3, 0.4) is 0 Å². The highest BCUT2D eigenvalue weighted by molar-refractivity contribution is 5.92. The van der Waals surface area contributed by atoms with Crippen LogP contribution in [0.4, 0.5) is 31.8 Å². The van der Waals surface area contributed by atoms with Crippen LogP contribution in [-0.4, -0.2) is 64.3 Å². The van der Waals surface area contributed by atoms with Crippen molar-refractivity contribution in [2.24, 2.45) is 7.05 Å². The highest BCUT2D eigenvalue weighted by atomic mass is 19.3. The van der Waals surface area contributed by atoms with E-state index in [1.165, 1.54) is 0 Å². The number of aromatic nitrogens is 4. The van der Waals surface area contributed by atoms with E-state index in [2.05, 4.69) is 30.1 Å². The number of nitrogens with two attached hydrogens (primary N) is 1. The summed E-state index contributed by atoms with van der Waals surface area (Å²) < 4.78 is 33.7. The summed E-state index contributed by atoms with van der Waals surface area (Å²) in [7, 11) is 5.97. The summed E-state index contributed by atoms with van der Waals surface area (Å²) in [6.07, 6.45) is 7.29. The number of hydrogen-bond acceptors (Lipinski definition) is 8. The number of halogens is 2. The first-order valence-corrected chi connectivity index (χ1v) is 12.1. The predicted molar refractivity (Wildman–Crippen MR) is 141 cm³/mol. The maximum Gasteiger partial charge on any atom is 0.387 e. The van der Waals surface area contributed by atoms with Crippen molar-refractivity contribution >= 4 is 34.0 Å². The fourth-order valence-corrected chi connectivity index (χ4v) is 4.98. The fraction of sp³-hybridized carbons (Fsp3) is 0.346. The van der Waals surface area contributed by atoms with Crippen molar-refractivity contribution in [2.75, 3.05) is 43.1 Å². The molecule has 1 atom stereocenters. The van der Waals surface area contributed by atoms with Crippen molar-refractivity contribution in [1.29, 1.82) is 0 Å². The Hall–Kier alpha value is -3.99. The molecule has 11 heteroatoms. The van der Waals surface area contributed by atoms with Gasteiger partial charge in [-0.3, -0.25) is 4.98 Å². The molecule has 3 aromatic heterocycles. The predicted octanol–water partition coefficient (Wildman–Crippen LogP) is 4.49. The number of aryl methyl sites for hydroxylation is 1. The third kappa shape index (κ3) is 5.12. The lowest BCUT2D eigenvalue weighted by Crippen LogP contribution is -2.37. The number of hydrogen-bond donors (Lipinski definition) is 2. The number of nitrogens with zero attached hydrogens (tertiary/aromatic N) is 6. The molecule has 194 valence electrons. The number of pyridine rings is 1. The summed E-state index contributed by atoms with van der Waals surface area (Å²) in [6.45, 7) is -1.36. The lowest BCUT2D eigenvalue weighted by molar-refractivity contribution is -0.0493. The Morgan fingerprint density at radius 2 is 2.05 bits per heavy atom. The van der Waals surface area contributed by atoms with Crippen LogP contribution >= 0.6 is 0 Å². The number of fused-ring (bicyclic) bond motifs is 1. The molecule has 37 heavy (non-hydrogen) atoms. The van der Waals surface area contributed by atoms with E-state index in [1.54, 1.807) is 30.6 Å². The van der Waals surface area contributed by atoms with E-state index in [0.717, 1.165) is 42.5 Å². The van der Waals surface area contributed by atoms with Crippen LogP contribution in [0.5, 0.6) is 5.75 Å². The number of nitrogens with one attached hydrogen (secondary N) is 1. The summed E-state index contributed by atoms with van der Waals surface area (Å²) in [6, 6.07) is 9.06. The van der Waals surface area contributed by atoms with Crippen molar-refractivity contribution in [2.45, 2.75) is 25.5 Å². The van der Waals surface area contributed by atoms with Gasteiger partial charge < -0.3 is 30.2 Å². The molecule has 1 aliphatic heterocycles. The molecule has 5 rings (SSSR count). The number of ether oxygens (including phenoxy) is 1. The van der Waals surface area contributed by atoms with Crippen molar-refractivity contribution in [3.05, 3.63) is 48.9 Å². The smallest absolute Gasteiger partial charge is 0.387 e. The molecule has 1 aromatic carbocycles. The van der Waals surface area contributed by atoms with Gasteiger partial charge in [0.15, 0.2) is 5.75 Å². The lowest BCUT2D eigenvalue weighted by atomic mass is 10.1. The Labute approximate surface area is 213 Å². The molecule has 0 saturated carbocycles. The van der Waals surface area contributed by atoms with E-state index >= 15 is 0 Å². The molecular formula is C26H30F2N8O. The molecule has 1 saturated heterocycles. The van der Waals surface area contributed by atoms with Gasteiger partial charge in [-0.15, -0.1) is 0 Å². The molecule has 0 spiro atoms. The Kier molecular flexibility index (Phi) is 6.79. The van der Waals surface area contributed by atoms with Gasteiger partial charge >= 0.3 is 6.61 Å². The average Bonchev–Trinajstić information content (AvgIpc) is 3.44. The van der Waals surface area contributed by atoms with Crippen molar-refractivity contribution in [3.63, 3.8) is 0 Å². The number of benzene rings is 1. The Balaban J connectivity index is 1.48. The average molecular weight is 509 g/mol. The van der Waals surface area contributed by atoms with Crippen molar-refractivity contribution in [3.8, 4) is 17.0 Å². The molecule has 0 bridgehead atoms.